The second kappa shape index (κ2) is 8.91. The maximum Gasteiger partial charge on any atom is 0.123 e. The van der Waals surface area contributed by atoms with Crippen molar-refractivity contribution in [1.29, 1.82) is 0 Å². The van der Waals surface area contributed by atoms with Gasteiger partial charge in [-0.1, -0.05) is 31.2 Å². The van der Waals surface area contributed by atoms with E-state index in [4.69, 9.17) is 4.98 Å². The van der Waals surface area contributed by atoms with Gasteiger partial charge in [0.1, 0.15) is 11.6 Å². The molecule has 0 aliphatic rings. The molecule has 0 amide bonds. The van der Waals surface area contributed by atoms with Crippen LogP contribution in [0.4, 0.5) is 8.78 Å². The van der Waals surface area contributed by atoms with Gasteiger partial charge in [-0.25, -0.2) is 8.78 Å². The van der Waals surface area contributed by atoms with E-state index in [1.54, 1.807) is 30.7 Å². The van der Waals surface area contributed by atoms with E-state index in [0.717, 1.165) is 33.8 Å². The lowest BCUT2D eigenvalue weighted by atomic mass is 9.94. The average Bonchev–Trinajstić information content (AvgIpc) is 2.75. The molecule has 1 atom stereocenters. The zero-order chi connectivity index (χ0) is 20.9. The third-order valence-corrected chi connectivity index (χ3v) is 5.04. The first kappa shape index (κ1) is 19.8. The van der Waals surface area contributed by atoms with Crippen LogP contribution in [0.1, 0.15) is 35.5 Å². The van der Waals surface area contributed by atoms with E-state index in [2.05, 4.69) is 16.9 Å². The highest BCUT2D eigenvalue weighted by molar-refractivity contribution is 5.64. The Morgan fingerprint density at radius 3 is 2.10 bits per heavy atom. The number of hydrogen-bond donors (Lipinski definition) is 0. The molecule has 0 fully saturated rings. The molecule has 5 heteroatoms. The summed E-state index contributed by atoms with van der Waals surface area (Å²) in [5.74, 6) is -0.336. The zero-order valence-electron chi connectivity index (χ0n) is 16.6. The Morgan fingerprint density at radius 2 is 1.43 bits per heavy atom. The third-order valence-electron chi connectivity index (χ3n) is 5.04. The minimum Gasteiger partial charge on any atom is -0.261 e. The smallest absolute Gasteiger partial charge is 0.123 e. The van der Waals surface area contributed by atoms with E-state index in [1.807, 2.05) is 24.3 Å². The summed E-state index contributed by atoms with van der Waals surface area (Å²) < 4.78 is 26.6. The standard InChI is InChI=1S/C25H21F2N3/c1-17(18-2-6-21(26)7-3-18)12-23-13-20(19-4-8-22(27)9-5-19)14-24(30-23)15-25-16-28-10-11-29-25/h2-11,13-14,16-17H,12,15H2,1H3/t17-/m1/s1. The SMILES string of the molecule is C[C@H](Cc1cc(-c2ccc(F)cc2)cc(Cc2cnccn2)n1)c1ccc(F)cc1. The molecule has 0 unspecified atom stereocenters. The fourth-order valence-electron chi connectivity index (χ4n) is 3.48. The van der Waals surface area contributed by atoms with Gasteiger partial charge in [0.15, 0.2) is 0 Å². The van der Waals surface area contributed by atoms with Gasteiger partial charge in [0.05, 0.1) is 5.69 Å². The lowest BCUT2D eigenvalue weighted by molar-refractivity contribution is 0.625. The van der Waals surface area contributed by atoms with Gasteiger partial charge in [-0.15, -0.1) is 0 Å². The van der Waals surface area contributed by atoms with E-state index in [0.29, 0.717) is 12.8 Å². The maximum atomic E-state index is 13.4. The number of rotatable bonds is 6. The quantitative estimate of drug-likeness (QED) is 0.413. The monoisotopic (exact) mass is 401 g/mol. The molecule has 0 aliphatic heterocycles. The molecule has 0 radical (unpaired) electrons. The molecule has 0 spiro atoms. The van der Waals surface area contributed by atoms with Crippen LogP contribution in [0.15, 0.2) is 79.3 Å². The second-order valence-electron chi connectivity index (χ2n) is 7.38. The zero-order valence-corrected chi connectivity index (χ0v) is 16.6. The van der Waals surface area contributed by atoms with E-state index >= 15 is 0 Å². The molecule has 0 saturated carbocycles. The van der Waals surface area contributed by atoms with Crippen LogP contribution in [0.25, 0.3) is 11.1 Å². The molecule has 0 bridgehead atoms. The lowest BCUT2D eigenvalue weighted by Crippen LogP contribution is -2.04. The molecule has 0 aliphatic carbocycles. The predicted octanol–water partition coefficient (Wildman–Crippen LogP) is 5.75. The fourth-order valence-corrected chi connectivity index (χ4v) is 3.48. The molecule has 0 saturated heterocycles. The van der Waals surface area contributed by atoms with E-state index in [1.165, 1.54) is 24.3 Å². The number of pyridine rings is 1. The molecule has 2 aromatic carbocycles. The summed E-state index contributed by atoms with van der Waals surface area (Å²) in [5.41, 5.74) is 5.59. The number of nitrogens with zero attached hydrogens (tertiary/aromatic N) is 3. The minimum absolute atomic E-state index is 0.172. The van der Waals surface area contributed by atoms with Crippen LogP contribution in [0.5, 0.6) is 0 Å². The van der Waals surface area contributed by atoms with Crippen LogP contribution in [-0.2, 0) is 12.8 Å². The van der Waals surface area contributed by atoms with Crippen LogP contribution in [-0.4, -0.2) is 15.0 Å². The minimum atomic E-state index is -0.266. The van der Waals surface area contributed by atoms with Crippen LogP contribution in [0.3, 0.4) is 0 Å². The highest BCUT2D eigenvalue weighted by Crippen LogP contribution is 2.26. The summed E-state index contributed by atoms with van der Waals surface area (Å²) in [5, 5.41) is 0. The highest BCUT2D eigenvalue weighted by atomic mass is 19.1. The third kappa shape index (κ3) is 4.92. The van der Waals surface area contributed by atoms with Crippen molar-refractivity contribution < 1.29 is 8.78 Å². The van der Waals surface area contributed by atoms with Crippen molar-refractivity contribution in [2.24, 2.45) is 0 Å². The van der Waals surface area contributed by atoms with Crippen molar-refractivity contribution in [3.63, 3.8) is 0 Å². The molecule has 0 N–H and O–H groups in total. The molecule has 3 nitrogen and oxygen atoms in total. The van der Waals surface area contributed by atoms with Gasteiger partial charge < -0.3 is 0 Å². The lowest BCUT2D eigenvalue weighted by Gasteiger charge is -2.14. The first-order valence-electron chi connectivity index (χ1n) is 9.83. The summed E-state index contributed by atoms with van der Waals surface area (Å²) >= 11 is 0. The van der Waals surface area contributed by atoms with E-state index in [9.17, 15) is 8.78 Å². The fraction of sp³-hybridized carbons (Fsp3) is 0.160. The van der Waals surface area contributed by atoms with Crippen molar-refractivity contribution in [2.75, 3.05) is 0 Å². The first-order valence-corrected chi connectivity index (χ1v) is 9.83. The van der Waals surface area contributed by atoms with Crippen molar-refractivity contribution in [3.05, 3.63) is 114 Å². The highest BCUT2D eigenvalue weighted by Gasteiger charge is 2.12. The molecule has 2 aromatic heterocycles. The molecular formula is C25H21F2N3. The van der Waals surface area contributed by atoms with Gasteiger partial charge in [-0.2, -0.15) is 0 Å². The molecule has 4 aromatic rings. The molecule has 4 rings (SSSR count). The second-order valence-corrected chi connectivity index (χ2v) is 7.38. The Balaban J connectivity index is 1.67. The molecule has 30 heavy (non-hydrogen) atoms. The number of aromatic nitrogens is 3. The Labute approximate surface area is 174 Å². The van der Waals surface area contributed by atoms with Crippen molar-refractivity contribution in [1.82, 2.24) is 15.0 Å². The van der Waals surface area contributed by atoms with Gasteiger partial charge in [-0.3, -0.25) is 15.0 Å². The topological polar surface area (TPSA) is 38.7 Å². The summed E-state index contributed by atoms with van der Waals surface area (Å²) in [6.45, 7) is 2.10. The Hall–Kier alpha value is -3.47. The molecule has 150 valence electrons. The van der Waals surface area contributed by atoms with Crippen molar-refractivity contribution in [3.8, 4) is 11.1 Å². The van der Waals surface area contributed by atoms with Gasteiger partial charge in [0.25, 0.3) is 0 Å². The Bertz CT molecular complexity index is 1110. The maximum absolute atomic E-state index is 13.4. The van der Waals surface area contributed by atoms with Crippen LogP contribution >= 0.6 is 0 Å². The Morgan fingerprint density at radius 1 is 0.767 bits per heavy atom. The van der Waals surface area contributed by atoms with Crippen LogP contribution in [0, 0.1) is 11.6 Å². The van der Waals surface area contributed by atoms with Gasteiger partial charge in [0.2, 0.25) is 0 Å². The Kier molecular flexibility index (Phi) is 5.89. The summed E-state index contributed by atoms with van der Waals surface area (Å²) in [6, 6.07) is 17.1. The summed E-state index contributed by atoms with van der Waals surface area (Å²) in [7, 11) is 0. The van der Waals surface area contributed by atoms with Crippen molar-refractivity contribution >= 4 is 0 Å². The van der Waals surface area contributed by atoms with Crippen LogP contribution < -0.4 is 0 Å². The van der Waals surface area contributed by atoms with E-state index in [-0.39, 0.29) is 17.6 Å². The van der Waals surface area contributed by atoms with Crippen molar-refractivity contribution in [2.45, 2.75) is 25.7 Å². The van der Waals surface area contributed by atoms with Gasteiger partial charge >= 0.3 is 0 Å². The average molecular weight is 401 g/mol. The number of halogens is 2. The summed E-state index contributed by atoms with van der Waals surface area (Å²) in [6.07, 6.45) is 6.29. The number of benzene rings is 2. The predicted molar refractivity (Wildman–Crippen MR) is 113 cm³/mol. The molecule has 2 heterocycles. The van der Waals surface area contributed by atoms with Crippen LogP contribution in [0.2, 0.25) is 0 Å². The summed E-state index contributed by atoms with van der Waals surface area (Å²) in [4.78, 5) is 13.3. The number of hydrogen-bond acceptors (Lipinski definition) is 3. The normalized spacial score (nSPS) is 12.0. The van der Waals surface area contributed by atoms with Gasteiger partial charge in [-0.05, 0) is 65.4 Å². The van der Waals surface area contributed by atoms with E-state index < -0.39 is 0 Å². The molecular weight excluding hydrogens is 380 g/mol. The first-order chi connectivity index (χ1) is 14.6. The largest absolute Gasteiger partial charge is 0.261 e. The van der Waals surface area contributed by atoms with Gasteiger partial charge in [0, 0.05) is 36.4 Å².